The lowest BCUT2D eigenvalue weighted by Gasteiger charge is -2.10. The number of amides is 1. The summed E-state index contributed by atoms with van der Waals surface area (Å²) in [6, 6.07) is 7.31. The first-order valence-corrected chi connectivity index (χ1v) is 6.45. The van der Waals surface area contributed by atoms with Crippen LogP contribution in [0.15, 0.2) is 36.7 Å². The third kappa shape index (κ3) is 2.37. The number of hydrogen-bond acceptors (Lipinski definition) is 4. The molecular formula is C14H16N4O2. The molecule has 104 valence electrons. The van der Waals surface area contributed by atoms with Gasteiger partial charge < -0.3 is 15.4 Å². The predicted molar refractivity (Wildman–Crippen MR) is 75.5 cm³/mol. The number of nitrogens with one attached hydrogen (secondary N) is 2. The molecule has 3 rings (SSSR count). The summed E-state index contributed by atoms with van der Waals surface area (Å²) in [4.78, 5) is 12.0. The van der Waals surface area contributed by atoms with E-state index < -0.39 is 0 Å². The molecule has 2 heterocycles. The standard InChI is InChI=1S/C14H16N4O2/c1-20-7-6-18-9-10(8-15-18)16-13-11-4-2-3-5-12(11)17-14(13)19/h2-5,8-9,13,16H,6-7H2,1H3,(H,17,19). The van der Waals surface area contributed by atoms with E-state index in [2.05, 4.69) is 15.7 Å². The zero-order valence-electron chi connectivity index (χ0n) is 11.2. The van der Waals surface area contributed by atoms with Gasteiger partial charge in [-0.2, -0.15) is 5.10 Å². The van der Waals surface area contributed by atoms with Gasteiger partial charge >= 0.3 is 0 Å². The van der Waals surface area contributed by atoms with Crippen molar-refractivity contribution in [2.24, 2.45) is 0 Å². The van der Waals surface area contributed by atoms with E-state index in [0.29, 0.717) is 13.2 Å². The molecule has 2 N–H and O–H groups in total. The highest BCUT2D eigenvalue weighted by Crippen LogP contribution is 2.32. The highest BCUT2D eigenvalue weighted by molar-refractivity contribution is 6.04. The maximum atomic E-state index is 12.0. The van der Waals surface area contributed by atoms with Gasteiger partial charge in [0.2, 0.25) is 0 Å². The van der Waals surface area contributed by atoms with E-state index in [1.165, 1.54) is 0 Å². The number of rotatable bonds is 5. The Morgan fingerprint density at radius 1 is 1.45 bits per heavy atom. The molecule has 1 aromatic heterocycles. The van der Waals surface area contributed by atoms with Gasteiger partial charge in [0.25, 0.3) is 5.91 Å². The number of para-hydroxylation sites is 1. The van der Waals surface area contributed by atoms with Crippen molar-refractivity contribution in [2.75, 3.05) is 24.4 Å². The fourth-order valence-corrected chi connectivity index (χ4v) is 2.26. The Kier molecular flexibility index (Phi) is 3.39. The van der Waals surface area contributed by atoms with E-state index >= 15 is 0 Å². The van der Waals surface area contributed by atoms with Gasteiger partial charge in [0.1, 0.15) is 6.04 Å². The fourth-order valence-electron chi connectivity index (χ4n) is 2.26. The smallest absolute Gasteiger partial charge is 0.251 e. The fraction of sp³-hybridized carbons (Fsp3) is 0.286. The zero-order chi connectivity index (χ0) is 13.9. The summed E-state index contributed by atoms with van der Waals surface area (Å²) < 4.78 is 6.79. The van der Waals surface area contributed by atoms with Crippen LogP contribution in [0.3, 0.4) is 0 Å². The largest absolute Gasteiger partial charge is 0.383 e. The highest BCUT2D eigenvalue weighted by atomic mass is 16.5. The Morgan fingerprint density at radius 3 is 3.15 bits per heavy atom. The van der Waals surface area contributed by atoms with Crippen molar-refractivity contribution in [1.29, 1.82) is 0 Å². The molecule has 0 spiro atoms. The summed E-state index contributed by atoms with van der Waals surface area (Å²) in [6.45, 7) is 1.29. The lowest BCUT2D eigenvalue weighted by molar-refractivity contribution is -0.116. The molecule has 1 unspecified atom stereocenters. The highest BCUT2D eigenvalue weighted by Gasteiger charge is 2.30. The number of benzene rings is 1. The second kappa shape index (κ2) is 5.34. The average molecular weight is 272 g/mol. The summed E-state index contributed by atoms with van der Waals surface area (Å²) in [5.41, 5.74) is 2.64. The Balaban J connectivity index is 1.74. The van der Waals surface area contributed by atoms with E-state index in [4.69, 9.17) is 4.74 Å². The quantitative estimate of drug-likeness (QED) is 0.868. The number of ether oxygens (including phenoxy) is 1. The van der Waals surface area contributed by atoms with Crippen LogP contribution in [-0.2, 0) is 16.1 Å². The van der Waals surface area contributed by atoms with Crippen molar-refractivity contribution in [2.45, 2.75) is 12.6 Å². The summed E-state index contributed by atoms with van der Waals surface area (Å²) in [6.07, 6.45) is 3.58. The number of hydrogen-bond donors (Lipinski definition) is 2. The number of aromatic nitrogens is 2. The van der Waals surface area contributed by atoms with Crippen molar-refractivity contribution in [1.82, 2.24) is 9.78 Å². The Hall–Kier alpha value is -2.34. The van der Waals surface area contributed by atoms with Crippen molar-refractivity contribution < 1.29 is 9.53 Å². The molecule has 1 aromatic carbocycles. The van der Waals surface area contributed by atoms with Gasteiger partial charge in [-0.1, -0.05) is 18.2 Å². The maximum absolute atomic E-state index is 12.0. The molecule has 0 saturated carbocycles. The van der Waals surface area contributed by atoms with Crippen LogP contribution in [0.1, 0.15) is 11.6 Å². The Bertz CT molecular complexity index is 623. The van der Waals surface area contributed by atoms with E-state index in [0.717, 1.165) is 16.9 Å². The number of nitrogens with zero attached hydrogens (tertiary/aromatic N) is 2. The number of carbonyl (C=O) groups excluding carboxylic acids is 1. The Labute approximate surface area is 116 Å². The topological polar surface area (TPSA) is 68.2 Å². The van der Waals surface area contributed by atoms with Gasteiger partial charge in [-0.05, 0) is 6.07 Å². The molecule has 0 radical (unpaired) electrons. The lowest BCUT2D eigenvalue weighted by atomic mass is 10.1. The third-order valence-corrected chi connectivity index (χ3v) is 3.26. The number of anilines is 2. The summed E-state index contributed by atoms with van der Waals surface area (Å²) >= 11 is 0. The minimum atomic E-state index is -0.369. The second-order valence-corrected chi connectivity index (χ2v) is 4.64. The molecule has 1 atom stereocenters. The second-order valence-electron chi connectivity index (χ2n) is 4.64. The summed E-state index contributed by atoms with van der Waals surface area (Å²) in [7, 11) is 1.66. The zero-order valence-corrected chi connectivity index (χ0v) is 11.2. The van der Waals surface area contributed by atoms with Crippen LogP contribution in [0.2, 0.25) is 0 Å². The van der Waals surface area contributed by atoms with Crippen molar-refractivity contribution >= 4 is 17.3 Å². The van der Waals surface area contributed by atoms with E-state index in [9.17, 15) is 4.79 Å². The van der Waals surface area contributed by atoms with Gasteiger partial charge in [0.15, 0.2) is 0 Å². The molecule has 6 heteroatoms. The molecule has 1 aliphatic heterocycles. The van der Waals surface area contributed by atoms with Crippen LogP contribution >= 0.6 is 0 Å². The maximum Gasteiger partial charge on any atom is 0.251 e. The minimum absolute atomic E-state index is 0.0455. The SMILES string of the molecule is COCCn1cc(NC2C(=O)Nc3ccccc32)cn1. The van der Waals surface area contributed by atoms with Crippen LogP contribution in [0.5, 0.6) is 0 Å². The predicted octanol–water partition coefficient (Wildman–Crippen LogP) is 1.63. The van der Waals surface area contributed by atoms with Crippen LogP contribution in [0.4, 0.5) is 11.4 Å². The van der Waals surface area contributed by atoms with Crippen LogP contribution in [0.25, 0.3) is 0 Å². The molecule has 2 aromatic rings. The van der Waals surface area contributed by atoms with Crippen LogP contribution in [0, 0.1) is 0 Å². The number of carbonyl (C=O) groups is 1. The molecule has 0 aliphatic carbocycles. The minimum Gasteiger partial charge on any atom is -0.383 e. The summed E-state index contributed by atoms with van der Waals surface area (Å²) in [5.74, 6) is -0.0455. The van der Waals surface area contributed by atoms with Crippen molar-refractivity contribution in [3.05, 3.63) is 42.2 Å². The van der Waals surface area contributed by atoms with Crippen molar-refractivity contribution in [3.8, 4) is 0 Å². The summed E-state index contributed by atoms with van der Waals surface area (Å²) in [5, 5.41) is 10.3. The van der Waals surface area contributed by atoms with Crippen molar-refractivity contribution in [3.63, 3.8) is 0 Å². The monoisotopic (exact) mass is 272 g/mol. The van der Waals surface area contributed by atoms with E-state index in [1.807, 2.05) is 30.5 Å². The molecule has 0 bridgehead atoms. The molecule has 1 amide bonds. The molecule has 20 heavy (non-hydrogen) atoms. The average Bonchev–Trinajstić information content (AvgIpc) is 3.02. The van der Waals surface area contributed by atoms with E-state index in [1.54, 1.807) is 18.0 Å². The van der Waals surface area contributed by atoms with Gasteiger partial charge in [0.05, 0.1) is 25.0 Å². The van der Waals surface area contributed by atoms with Crippen LogP contribution in [-0.4, -0.2) is 29.4 Å². The molecule has 6 nitrogen and oxygen atoms in total. The Morgan fingerprint density at radius 2 is 2.30 bits per heavy atom. The lowest BCUT2D eigenvalue weighted by Crippen LogP contribution is -2.19. The van der Waals surface area contributed by atoms with E-state index in [-0.39, 0.29) is 11.9 Å². The molecule has 0 saturated heterocycles. The van der Waals surface area contributed by atoms with Crippen LogP contribution < -0.4 is 10.6 Å². The first-order valence-electron chi connectivity index (χ1n) is 6.45. The first-order chi connectivity index (χ1) is 9.78. The first kappa shape index (κ1) is 12.7. The number of fused-ring (bicyclic) bond motifs is 1. The normalized spacial score (nSPS) is 16.9. The number of methoxy groups -OCH3 is 1. The van der Waals surface area contributed by atoms with Gasteiger partial charge in [0, 0.05) is 24.6 Å². The molecular weight excluding hydrogens is 256 g/mol. The van der Waals surface area contributed by atoms with Gasteiger partial charge in [-0.15, -0.1) is 0 Å². The molecule has 0 fully saturated rings. The third-order valence-electron chi connectivity index (χ3n) is 3.26. The molecule has 1 aliphatic rings. The van der Waals surface area contributed by atoms with Gasteiger partial charge in [-0.3, -0.25) is 9.48 Å². The van der Waals surface area contributed by atoms with Gasteiger partial charge in [-0.25, -0.2) is 0 Å².